The van der Waals surface area contributed by atoms with Crippen molar-refractivity contribution in [3.63, 3.8) is 0 Å². The molecule has 2 fully saturated rings. The standard InChI is InChI=1S/C22H26N2O3S/c1-16-8-9-19(12-17(16)2)24-21-15-28(26,27)14-20(21)23(13-22(24)25)11-10-18-6-4-3-5-7-18/h3-9,12,20-21H,10-11,13-15H2,1-2H3/t20-,21+/m0/s1. The van der Waals surface area contributed by atoms with Crippen LogP contribution in [0, 0.1) is 13.8 Å². The Balaban J connectivity index is 1.61. The van der Waals surface area contributed by atoms with E-state index in [2.05, 4.69) is 17.0 Å². The minimum absolute atomic E-state index is 0.0188. The summed E-state index contributed by atoms with van der Waals surface area (Å²) in [6, 6.07) is 15.6. The van der Waals surface area contributed by atoms with Crippen molar-refractivity contribution in [1.29, 1.82) is 0 Å². The molecule has 0 aromatic heterocycles. The number of hydrogen-bond acceptors (Lipinski definition) is 4. The van der Waals surface area contributed by atoms with E-state index < -0.39 is 9.84 Å². The van der Waals surface area contributed by atoms with Crippen LogP contribution in [0.15, 0.2) is 48.5 Å². The quantitative estimate of drug-likeness (QED) is 0.793. The highest BCUT2D eigenvalue weighted by atomic mass is 32.2. The van der Waals surface area contributed by atoms with E-state index >= 15 is 0 Å². The van der Waals surface area contributed by atoms with E-state index in [0.717, 1.165) is 23.2 Å². The van der Waals surface area contributed by atoms with Gasteiger partial charge in [-0.05, 0) is 49.1 Å². The van der Waals surface area contributed by atoms with Gasteiger partial charge in [-0.3, -0.25) is 9.69 Å². The molecule has 2 aliphatic heterocycles. The second kappa shape index (κ2) is 7.33. The highest BCUT2D eigenvalue weighted by Crippen LogP contribution is 2.32. The van der Waals surface area contributed by atoms with Crippen LogP contribution in [0.3, 0.4) is 0 Å². The molecule has 0 unspecified atom stereocenters. The maximum Gasteiger partial charge on any atom is 0.241 e. The number of carbonyl (C=O) groups excluding carboxylic acids is 1. The lowest BCUT2D eigenvalue weighted by atomic mass is 10.0. The molecule has 0 bridgehead atoms. The second-order valence-corrected chi connectivity index (χ2v) is 10.1. The molecule has 2 heterocycles. The zero-order chi connectivity index (χ0) is 19.9. The first-order valence-corrected chi connectivity index (χ1v) is 11.5. The van der Waals surface area contributed by atoms with Crippen LogP contribution < -0.4 is 4.90 Å². The zero-order valence-corrected chi connectivity index (χ0v) is 17.2. The van der Waals surface area contributed by atoms with Gasteiger partial charge in [0, 0.05) is 18.3 Å². The van der Waals surface area contributed by atoms with E-state index in [1.807, 2.05) is 50.2 Å². The van der Waals surface area contributed by atoms with Crippen LogP contribution in [0.5, 0.6) is 0 Å². The maximum atomic E-state index is 13.1. The van der Waals surface area contributed by atoms with E-state index in [1.165, 1.54) is 5.56 Å². The smallest absolute Gasteiger partial charge is 0.241 e. The Morgan fingerprint density at radius 2 is 1.68 bits per heavy atom. The summed E-state index contributed by atoms with van der Waals surface area (Å²) in [5.41, 5.74) is 4.27. The number of carbonyl (C=O) groups is 1. The van der Waals surface area contributed by atoms with Crippen LogP contribution in [0.2, 0.25) is 0 Å². The van der Waals surface area contributed by atoms with Crippen molar-refractivity contribution >= 4 is 21.4 Å². The average Bonchev–Trinajstić information content (AvgIpc) is 2.98. The highest BCUT2D eigenvalue weighted by molar-refractivity contribution is 7.91. The number of benzene rings is 2. The van der Waals surface area contributed by atoms with Gasteiger partial charge in [0.25, 0.3) is 0 Å². The van der Waals surface area contributed by atoms with Crippen LogP contribution in [0.1, 0.15) is 16.7 Å². The number of hydrogen-bond donors (Lipinski definition) is 0. The van der Waals surface area contributed by atoms with E-state index in [0.29, 0.717) is 6.54 Å². The summed E-state index contributed by atoms with van der Waals surface area (Å²) in [6.45, 7) is 5.00. The van der Waals surface area contributed by atoms with Crippen LogP contribution in [0.25, 0.3) is 0 Å². The van der Waals surface area contributed by atoms with E-state index in [-0.39, 0.29) is 36.0 Å². The predicted octanol–water partition coefficient (Wildman–Crippen LogP) is 2.36. The molecule has 2 aromatic rings. The number of anilines is 1. The summed E-state index contributed by atoms with van der Waals surface area (Å²) in [5, 5.41) is 0. The summed E-state index contributed by atoms with van der Waals surface area (Å²) in [5.74, 6) is 0.147. The predicted molar refractivity (Wildman–Crippen MR) is 111 cm³/mol. The monoisotopic (exact) mass is 398 g/mol. The minimum Gasteiger partial charge on any atom is -0.306 e. The number of nitrogens with zero attached hydrogens (tertiary/aromatic N) is 2. The number of sulfone groups is 1. The third-order valence-electron chi connectivity index (χ3n) is 6.00. The van der Waals surface area contributed by atoms with Gasteiger partial charge in [-0.25, -0.2) is 8.42 Å². The van der Waals surface area contributed by atoms with E-state index in [9.17, 15) is 13.2 Å². The number of fused-ring (bicyclic) bond motifs is 1. The fourth-order valence-corrected chi connectivity index (χ4v) is 6.31. The SMILES string of the molecule is Cc1ccc(N2C(=O)CN(CCc3ccccc3)[C@H]3CS(=O)(=O)C[C@H]32)cc1C. The molecular weight excluding hydrogens is 372 g/mol. The van der Waals surface area contributed by atoms with E-state index in [1.54, 1.807) is 4.90 Å². The molecule has 0 aliphatic carbocycles. The van der Waals surface area contributed by atoms with Gasteiger partial charge in [0.15, 0.2) is 9.84 Å². The fourth-order valence-electron chi connectivity index (χ4n) is 4.33. The molecule has 2 aromatic carbocycles. The Morgan fingerprint density at radius 1 is 0.964 bits per heavy atom. The molecule has 28 heavy (non-hydrogen) atoms. The van der Waals surface area contributed by atoms with Gasteiger partial charge in [0.2, 0.25) is 5.91 Å². The molecule has 2 saturated heterocycles. The molecule has 4 rings (SSSR count). The minimum atomic E-state index is -3.16. The Labute approximate surface area is 166 Å². The molecule has 148 valence electrons. The van der Waals surface area contributed by atoms with Gasteiger partial charge in [-0.1, -0.05) is 36.4 Å². The third kappa shape index (κ3) is 3.71. The molecule has 2 aliphatic rings. The Hall–Kier alpha value is -2.18. The summed E-state index contributed by atoms with van der Waals surface area (Å²) in [7, 11) is -3.16. The van der Waals surface area contributed by atoms with Crippen LogP contribution >= 0.6 is 0 Å². The molecule has 0 N–H and O–H groups in total. The Morgan fingerprint density at radius 3 is 2.39 bits per heavy atom. The Bertz CT molecular complexity index is 988. The molecule has 0 saturated carbocycles. The lowest BCUT2D eigenvalue weighted by Gasteiger charge is -2.43. The number of rotatable bonds is 4. The number of amides is 1. The van der Waals surface area contributed by atoms with Crippen molar-refractivity contribution in [2.75, 3.05) is 29.5 Å². The van der Waals surface area contributed by atoms with Crippen LogP contribution in [0.4, 0.5) is 5.69 Å². The fraction of sp³-hybridized carbons (Fsp3) is 0.409. The first kappa shape index (κ1) is 19.2. The van der Waals surface area contributed by atoms with Gasteiger partial charge in [0.05, 0.1) is 24.1 Å². The van der Waals surface area contributed by atoms with Crippen molar-refractivity contribution in [2.45, 2.75) is 32.4 Å². The van der Waals surface area contributed by atoms with Crippen molar-refractivity contribution < 1.29 is 13.2 Å². The lowest BCUT2D eigenvalue weighted by molar-refractivity contribution is -0.123. The highest BCUT2D eigenvalue weighted by Gasteiger charge is 2.49. The topological polar surface area (TPSA) is 57.7 Å². The average molecular weight is 399 g/mol. The summed E-state index contributed by atoms with van der Waals surface area (Å²) in [6.07, 6.45) is 0.807. The van der Waals surface area contributed by atoms with Crippen LogP contribution in [-0.4, -0.2) is 55.9 Å². The molecule has 0 radical (unpaired) electrons. The largest absolute Gasteiger partial charge is 0.306 e. The van der Waals surface area contributed by atoms with Gasteiger partial charge >= 0.3 is 0 Å². The van der Waals surface area contributed by atoms with Gasteiger partial charge in [0.1, 0.15) is 0 Å². The van der Waals surface area contributed by atoms with Crippen LogP contribution in [-0.2, 0) is 21.1 Å². The second-order valence-electron chi connectivity index (χ2n) is 7.95. The van der Waals surface area contributed by atoms with Gasteiger partial charge < -0.3 is 4.90 Å². The molecule has 1 amide bonds. The van der Waals surface area contributed by atoms with Crippen molar-refractivity contribution in [3.8, 4) is 0 Å². The maximum absolute atomic E-state index is 13.1. The van der Waals surface area contributed by atoms with Gasteiger partial charge in [-0.15, -0.1) is 0 Å². The Kier molecular flexibility index (Phi) is 5.02. The first-order valence-electron chi connectivity index (χ1n) is 9.72. The number of piperazine rings is 1. The molecule has 0 spiro atoms. The number of aryl methyl sites for hydroxylation is 2. The van der Waals surface area contributed by atoms with Gasteiger partial charge in [-0.2, -0.15) is 0 Å². The lowest BCUT2D eigenvalue weighted by Crippen LogP contribution is -2.62. The molecule has 2 atom stereocenters. The van der Waals surface area contributed by atoms with Crippen molar-refractivity contribution in [1.82, 2.24) is 4.90 Å². The van der Waals surface area contributed by atoms with E-state index in [4.69, 9.17) is 0 Å². The molecule has 6 heteroatoms. The normalized spacial score (nSPS) is 24.4. The summed E-state index contributed by atoms with van der Waals surface area (Å²) >= 11 is 0. The third-order valence-corrected chi connectivity index (χ3v) is 7.70. The summed E-state index contributed by atoms with van der Waals surface area (Å²) < 4.78 is 24.9. The summed E-state index contributed by atoms with van der Waals surface area (Å²) in [4.78, 5) is 16.9. The van der Waals surface area contributed by atoms with Crippen molar-refractivity contribution in [2.24, 2.45) is 0 Å². The first-order chi connectivity index (χ1) is 13.3. The van der Waals surface area contributed by atoms with Crippen molar-refractivity contribution in [3.05, 3.63) is 65.2 Å². The molecular formula is C22H26N2O3S. The zero-order valence-electron chi connectivity index (χ0n) is 16.3. The molecule has 5 nitrogen and oxygen atoms in total.